The highest BCUT2D eigenvalue weighted by molar-refractivity contribution is 5.69. The molecule has 0 aromatic rings. The molecule has 6 heteroatoms. The Morgan fingerprint density at radius 2 is 0.781 bits per heavy atom. The number of carbonyl (C=O) groups is 1. The van der Waals surface area contributed by atoms with E-state index >= 15 is 0 Å². The van der Waals surface area contributed by atoms with E-state index in [4.69, 9.17) is 18.9 Å². The van der Waals surface area contributed by atoms with Gasteiger partial charge >= 0.3 is 5.97 Å². The molecule has 0 aromatic carbocycles. The molecule has 0 bridgehead atoms. The predicted molar refractivity (Wildman–Crippen MR) is 292 cm³/mol. The van der Waals surface area contributed by atoms with Crippen LogP contribution in [-0.4, -0.2) is 56.8 Å². The van der Waals surface area contributed by atoms with Crippen molar-refractivity contribution in [2.24, 2.45) is 43.3 Å². The van der Waals surface area contributed by atoms with Crippen LogP contribution < -0.4 is 0 Å². The summed E-state index contributed by atoms with van der Waals surface area (Å²) in [5, 5.41) is 9.66. The highest BCUT2D eigenvalue weighted by Gasteiger charge is 2.19. The lowest BCUT2D eigenvalue weighted by Gasteiger charge is -2.24. The molecule has 0 aliphatic carbocycles. The summed E-state index contributed by atoms with van der Waals surface area (Å²) in [5.41, 5.74) is 2.41. The molecule has 1 atom stereocenters. The van der Waals surface area contributed by atoms with Crippen LogP contribution in [0.15, 0.2) is 12.3 Å². The van der Waals surface area contributed by atoms with E-state index in [-0.39, 0.29) is 63.4 Å². The van der Waals surface area contributed by atoms with Gasteiger partial charge in [-0.15, -0.1) is 0 Å². The van der Waals surface area contributed by atoms with Crippen molar-refractivity contribution < 1.29 is 28.8 Å². The lowest BCUT2D eigenvalue weighted by molar-refractivity contribution is -0.144. The number of carbonyl (C=O) groups excluding carboxylic acids is 1. The first-order valence-electron chi connectivity index (χ1n) is 23.8. The maximum atomic E-state index is 11.4. The maximum Gasteiger partial charge on any atom is 0.305 e. The zero-order valence-electron chi connectivity index (χ0n) is 45.5. The quantitative estimate of drug-likeness (QED) is 0.0745. The first-order valence-corrected chi connectivity index (χ1v) is 23.8. The van der Waals surface area contributed by atoms with Crippen LogP contribution in [0.5, 0.6) is 0 Å². The molecule has 1 N–H and O–H groups in total. The average Bonchev–Trinajstić information content (AvgIpc) is 2.97. The fourth-order valence-corrected chi connectivity index (χ4v) is 5.19. The number of hydrogen-bond donors (Lipinski definition) is 1. The Labute approximate surface area is 407 Å². The summed E-state index contributed by atoms with van der Waals surface area (Å²) in [6, 6.07) is 0. The van der Waals surface area contributed by atoms with E-state index in [0.29, 0.717) is 47.9 Å². The second kappa shape index (κ2) is 37.8. The Kier molecular flexibility index (Phi) is 47.3. The zero-order chi connectivity index (χ0) is 48.3. The van der Waals surface area contributed by atoms with Crippen LogP contribution in [0.4, 0.5) is 0 Å². The van der Waals surface area contributed by atoms with Gasteiger partial charge in [-0.3, -0.25) is 4.79 Å². The van der Waals surface area contributed by atoms with E-state index in [1.807, 2.05) is 0 Å². The zero-order valence-corrected chi connectivity index (χ0v) is 45.5. The van der Waals surface area contributed by atoms with Crippen LogP contribution in [-0.2, 0) is 23.7 Å². The van der Waals surface area contributed by atoms with Gasteiger partial charge in [0, 0.05) is 19.4 Å². The first-order chi connectivity index (χ1) is 26.5. The number of allylic oxidation sites excluding steroid dienone is 1. The van der Waals surface area contributed by atoms with E-state index in [2.05, 4.69) is 173 Å². The van der Waals surface area contributed by atoms with Gasteiger partial charge in [-0.25, -0.2) is 0 Å². The van der Waals surface area contributed by atoms with Crippen molar-refractivity contribution in [2.75, 3.05) is 39.6 Å². The molecule has 0 fully saturated rings. The molecule has 64 heavy (non-hydrogen) atoms. The Morgan fingerprint density at radius 1 is 0.422 bits per heavy atom. The van der Waals surface area contributed by atoms with Crippen LogP contribution in [0.3, 0.4) is 0 Å². The van der Waals surface area contributed by atoms with Gasteiger partial charge in [0.1, 0.15) is 0 Å². The highest BCUT2D eigenvalue weighted by Crippen LogP contribution is 2.25. The molecular weight excluding hydrogens is 793 g/mol. The molecule has 0 radical (unpaired) electrons. The number of hydrogen-bond acceptors (Lipinski definition) is 6. The normalized spacial score (nSPS) is 12.6. The van der Waals surface area contributed by atoms with Gasteiger partial charge in [-0.1, -0.05) is 215 Å². The van der Waals surface area contributed by atoms with Gasteiger partial charge in [-0.2, -0.15) is 0 Å². The molecule has 0 heterocycles. The smallest absolute Gasteiger partial charge is 0.305 e. The van der Waals surface area contributed by atoms with Crippen LogP contribution >= 0.6 is 0 Å². The Hall–Kier alpha value is -1.11. The molecule has 0 rings (SSSR count). The number of unbranched alkanes of at least 4 members (excludes halogenated alkanes) is 2. The summed E-state index contributed by atoms with van der Waals surface area (Å²) in [4.78, 5) is 11.4. The van der Waals surface area contributed by atoms with Gasteiger partial charge in [0.15, 0.2) is 0 Å². The standard InChI is InChI=1S/C15H30O2.C15H30O.C12H26O2.C12H26O.4CH4/c1-14(2,3)10-8-7-9-13(16)17-12-11-15(4,5)6;1-13(16-12-15(5,6)7)10-8-9-11-14(2,3)4;1-11(2,3)7-10(13)8-14-9-12(4,5)6;1-11(2,3)8-7-9-13-10-12(4,5)6;;;;/h7-12H2,1-6H3;1,8-12H2,2-7H3;10,13H,7-9H2,1-6H3;7-10H2,1-6H3;4*1H4. The molecule has 0 saturated carbocycles. The average molecular weight is 922 g/mol. The molecule has 0 spiro atoms. The van der Waals surface area contributed by atoms with E-state index in [1.165, 1.54) is 38.5 Å². The minimum absolute atomic E-state index is 0. The number of aliphatic hydroxyl groups is 1. The van der Waals surface area contributed by atoms with Crippen LogP contribution in [0, 0.1) is 43.3 Å². The summed E-state index contributed by atoms with van der Waals surface area (Å²) >= 11 is 0. The Balaban J connectivity index is -0.000000107. The van der Waals surface area contributed by atoms with Crippen molar-refractivity contribution >= 4 is 5.97 Å². The van der Waals surface area contributed by atoms with Crippen molar-refractivity contribution in [1.82, 2.24) is 0 Å². The summed E-state index contributed by atoms with van der Waals surface area (Å²) in [6.07, 6.45) is 12.4. The van der Waals surface area contributed by atoms with Crippen molar-refractivity contribution in [3.8, 4) is 0 Å². The lowest BCUT2D eigenvalue weighted by Crippen LogP contribution is -2.25. The summed E-state index contributed by atoms with van der Waals surface area (Å²) < 4.78 is 21.9. The fourth-order valence-electron chi connectivity index (χ4n) is 5.19. The summed E-state index contributed by atoms with van der Waals surface area (Å²) in [5.74, 6) is 0.909. The number of rotatable bonds is 20. The molecule has 0 saturated heterocycles. The molecular formula is C58H128O6. The lowest BCUT2D eigenvalue weighted by atomic mass is 9.89. The molecule has 396 valence electrons. The van der Waals surface area contributed by atoms with Crippen molar-refractivity contribution in [2.45, 2.75) is 279 Å². The van der Waals surface area contributed by atoms with Gasteiger partial charge in [0.25, 0.3) is 0 Å². The number of ether oxygens (including phenoxy) is 4. The van der Waals surface area contributed by atoms with E-state index < -0.39 is 0 Å². The molecule has 0 aromatic heterocycles. The Bertz CT molecular complexity index is 1020. The van der Waals surface area contributed by atoms with E-state index in [0.717, 1.165) is 57.7 Å². The van der Waals surface area contributed by atoms with Gasteiger partial charge in [-0.05, 0) is 94.7 Å². The fraction of sp³-hybridized carbons (Fsp3) is 0.948. The van der Waals surface area contributed by atoms with Gasteiger partial charge in [0.2, 0.25) is 0 Å². The van der Waals surface area contributed by atoms with Crippen molar-refractivity contribution in [3.63, 3.8) is 0 Å². The van der Waals surface area contributed by atoms with Crippen LogP contribution in [0.2, 0.25) is 0 Å². The topological polar surface area (TPSA) is 74.2 Å². The third kappa shape index (κ3) is 87.7. The second-order valence-corrected chi connectivity index (χ2v) is 27.2. The molecule has 1 unspecified atom stereocenters. The number of aliphatic hydroxyl groups excluding tert-OH is 1. The SMILES string of the molecule is C.C.C.C.C=C(CCCCC(C)(C)C)OCC(C)(C)C.CC(C)(C)CCCCC(=O)OCCC(C)(C)C.CC(C)(C)CCCOCC(C)(C)C.CC(C)(C)COCC(O)CC(C)(C)C. The minimum atomic E-state index is -0.336. The molecule has 0 aliphatic rings. The Morgan fingerprint density at radius 3 is 1.14 bits per heavy atom. The molecule has 0 amide bonds. The van der Waals surface area contributed by atoms with Gasteiger partial charge in [0.05, 0.1) is 44.9 Å². The second-order valence-electron chi connectivity index (χ2n) is 27.2. The minimum Gasteiger partial charge on any atom is -0.498 e. The predicted octanol–water partition coefficient (Wildman–Crippen LogP) is 19.0. The van der Waals surface area contributed by atoms with Crippen LogP contribution in [0.25, 0.3) is 0 Å². The maximum absolute atomic E-state index is 11.4. The van der Waals surface area contributed by atoms with Crippen molar-refractivity contribution in [3.05, 3.63) is 12.3 Å². The third-order valence-corrected chi connectivity index (χ3v) is 8.46. The van der Waals surface area contributed by atoms with Gasteiger partial charge < -0.3 is 24.1 Å². The van der Waals surface area contributed by atoms with E-state index in [1.54, 1.807) is 0 Å². The summed E-state index contributed by atoms with van der Waals surface area (Å²) in [7, 11) is 0. The van der Waals surface area contributed by atoms with Crippen molar-refractivity contribution in [1.29, 1.82) is 0 Å². The monoisotopic (exact) mass is 921 g/mol. The third-order valence-electron chi connectivity index (χ3n) is 8.46. The van der Waals surface area contributed by atoms with Crippen LogP contribution in [0.1, 0.15) is 273 Å². The first kappa shape index (κ1) is 80.0. The van der Waals surface area contributed by atoms with E-state index in [9.17, 15) is 9.90 Å². The number of esters is 1. The molecule has 6 nitrogen and oxygen atoms in total. The largest absolute Gasteiger partial charge is 0.498 e. The summed E-state index contributed by atoms with van der Waals surface area (Å²) in [6.45, 7) is 61.0. The molecule has 0 aliphatic heterocycles. The highest BCUT2D eigenvalue weighted by atomic mass is 16.5.